The molecule has 2 N–H and O–H groups in total. The van der Waals surface area contributed by atoms with Gasteiger partial charge in [0.1, 0.15) is 0 Å². The average molecular weight is 258 g/mol. The minimum absolute atomic E-state index is 0.508. The molecular weight excluding hydrogens is 244 g/mol. The van der Waals surface area contributed by atoms with Crippen LogP contribution in [-0.4, -0.2) is 15.1 Å². The molecule has 4 heteroatoms. The Kier molecular flexibility index (Phi) is 2.89. The second kappa shape index (κ2) is 4.55. The smallest absolute Gasteiger partial charge is 0.0957 e. The molecule has 0 saturated carbocycles. The van der Waals surface area contributed by atoms with E-state index in [1.54, 1.807) is 11.3 Å². The van der Waals surface area contributed by atoms with Gasteiger partial charge in [-0.2, -0.15) is 0 Å². The van der Waals surface area contributed by atoms with Gasteiger partial charge in [-0.15, -0.1) is 11.3 Å². The van der Waals surface area contributed by atoms with Crippen LogP contribution in [0.15, 0.2) is 35.8 Å². The number of aryl methyl sites for hydroxylation is 1. The molecule has 0 radical (unpaired) electrons. The number of nitrogens with one attached hydrogen (secondary N) is 1. The Hall–Kier alpha value is -1.65. The fourth-order valence-corrected chi connectivity index (χ4v) is 2.95. The van der Waals surface area contributed by atoms with Crippen molar-refractivity contribution in [3.05, 3.63) is 52.1 Å². The van der Waals surface area contributed by atoms with Crippen molar-refractivity contribution in [3.63, 3.8) is 0 Å². The van der Waals surface area contributed by atoms with Crippen molar-refractivity contribution in [2.75, 3.05) is 0 Å². The highest BCUT2D eigenvalue weighted by molar-refractivity contribution is 7.09. The zero-order chi connectivity index (χ0) is 12.5. The molecule has 0 amide bonds. The van der Waals surface area contributed by atoms with E-state index in [0.717, 1.165) is 27.2 Å². The molecule has 0 bridgehead atoms. The molecular formula is C14H14N2OS. The average Bonchev–Trinajstić information content (AvgIpc) is 2.95. The highest BCUT2D eigenvalue weighted by atomic mass is 32.1. The maximum absolute atomic E-state index is 10.3. The van der Waals surface area contributed by atoms with E-state index in [-0.39, 0.29) is 0 Å². The molecule has 3 nitrogen and oxygen atoms in total. The van der Waals surface area contributed by atoms with Crippen LogP contribution >= 0.6 is 11.3 Å². The number of thiazole rings is 1. The third kappa shape index (κ3) is 2.05. The molecule has 1 atom stereocenters. The van der Waals surface area contributed by atoms with Crippen molar-refractivity contribution in [1.29, 1.82) is 0 Å². The van der Waals surface area contributed by atoms with E-state index in [1.165, 1.54) is 0 Å². The lowest BCUT2D eigenvalue weighted by molar-refractivity contribution is 0.180. The summed E-state index contributed by atoms with van der Waals surface area (Å²) in [7, 11) is 0. The van der Waals surface area contributed by atoms with Gasteiger partial charge in [0.2, 0.25) is 0 Å². The number of aliphatic hydroxyl groups excluding tert-OH is 1. The van der Waals surface area contributed by atoms with E-state index in [1.807, 2.05) is 42.8 Å². The van der Waals surface area contributed by atoms with E-state index in [0.29, 0.717) is 6.42 Å². The Morgan fingerprint density at radius 3 is 3.00 bits per heavy atom. The molecule has 1 aromatic carbocycles. The molecule has 0 aliphatic heterocycles. The van der Waals surface area contributed by atoms with Gasteiger partial charge in [0, 0.05) is 40.2 Å². The van der Waals surface area contributed by atoms with Crippen LogP contribution in [0.1, 0.15) is 22.4 Å². The molecule has 1 unspecified atom stereocenters. The number of aromatic nitrogens is 2. The number of aromatic amines is 1. The Morgan fingerprint density at radius 2 is 2.22 bits per heavy atom. The summed E-state index contributed by atoms with van der Waals surface area (Å²) in [6, 6.07) is 8.01. The molecule has 92 valence electrons. The second-order valence-corrected chi connectivity index (χ2v) is 5.33. The normalized spacial score (nSPS) is 13.0. The molecule has 18 heavy (non-hydrogen) atoms. The fourth-order valence-electron chi connectivity index (χ4n) is 2.14. The van der Waals surface area contributed by atoms with Crippen LogP contribution in [0.5, 0.6) is 0 Å². The number of aliphatic hydroxyl groups is 1. The summed E-state index contributed by atoms with van der Waals surface area (Å²) in [6.07, 6.45) is 1.95. The fraction of sp³-hybridized carbons (Fsp3) is 0.214. The Morgan fingerprint density at radius 1 is 1.39 bits per heavy atom. The van der Waals surface area contributed by atoms with E-state index in [4.69, 9.17) is 0 Å². The van der Waals surface area contributed by atoms with Crippen molar-refractivity contribution >= 4 is 22.2 Å². The van der Waals surface area contributed by atoms with Crippen molar-refractivity contribution in [3.8, 4) is 0 Å². The van der Waals surface area contributed by atoms with Crippen LogP contribution in [0.25, 0.3) is 10.9 Å². The predicted octanol–water partition coefficient (Wildman–Crippen LogP) is 3.21. The summed E-state index contributed by atoms with van der Waals surface area (Å²) in [6.45, 7) is 1.97. The van der Waals surface area contributed by atoms with Crippen LogP contribution in [0.4, 0.5) is 0 Å². The Labute approximate surface area is 109 Å². The van der Waals surface area contributed by atoms with Crippen molar-refractivity contribution in [2.45, 2.75) is 19.4 Å². The summed E-state index contributed by atoms with van der Waals surface area (Å²) in [5, 5.41) is 14.4. The predicted molar refractivity (Wildman–Crippen MR) is 73.8 cm³/mol. The van der Waals surface area contributed by atoms with E-state index in [2.05, 4.69) is 9.97 Å². The third-order valence-electron chi connectivity index (χ3n) is 3.01. The lowest BCUT2D eigenvalue weighted by atomic mass is 10.1. The molecule has 3 rings (SSSR count). The maximum Gasteiger partial charge on any atom is 0.0957 e. The highest BCUT2D eigenvalue weighted by Crippen LogP contribution is 2.27. The van der Waals surface area contributed by atoms with Gasteiger partial charge >= 0.3 is 0 Å². The van der Waals surface area contributed by atoms with Gasteiger partial charge in [-0.25, -0.2) is 4.98 Å². The van der Waals surface area contributed by atoms with Crippen molar-refractivity contribution in [1.82, 2.24) is 9.97 Å². The first-order valence-corrected chi connectivity index (χ1v) is 6.77. The van der Waals surface area contributed by atoms with Crippen molar-refractivity contribution in [2.24, 2.45) is 0 Å². The Bertz CT molecular complexity index is 671. The molecule has 2 heterocycles. The molecule has 0 spiro atoms. The number of hydrogen-bond acceptors (Lipinski definition) is 3. The second-order valence-electron chi connectivity index (χ2n) is 4.39. The third-order valence-corrected chi connectivity index (χ3v) is 4.00. The lowest BCUT2D eigenvalue weighted by Gasteiger charge is -2.07. The minimum atomic E-state index is -0.508. The van der Waals surface area contributed by atoms with Gasteiger partial charge in [0.05, 0.1) is 11.1 Å². The van der Waals surface area contributed by atoms with Crippen LogP contribution in [-0.2, 0) is 6.42 Å². The van der Waals surface area contributed by atoms with E-state index < -0.39 is 6.10 Å². The van der Waals surface area contributed by atoms with Crippen LogP contribution in [0.2, 0.25) is 0 Å². The largest absolute Gasteiger partial charge is 0.388 e. The van der Waals surface area contributed by atoms with E-state index >= 15 is 0 Å². The van der Waals surface area contributed by atoms with Gasteiger partial charge in [0.25, 0.3) is 0 Å². The number of H-pyrrole nitrogens is 1. The molecule has 0 fully saturated rings. The number of fused-ring (bicyclic) bond motifs is 1. The molecule has 3 aromatic rings. The maximum atomic E-state index is 10.3. The summed E-state index contributed by atoms with van der Waals surface area (Å²) >= 11 is 1.60. The van der Waals surface area contributed by atoms with Gasteiger partial charge in [-0.1, -0.05) is 18.2 Å². The summed E-state index contributed by atoms with van der Waals surface area (Å²) in [5.74, 6) is 0. The first-order valence-electron chi connectivity index (χ1n) is 5.89. The van der Waals surface area contributed by atoms with Gasteiger partial charge in [0.15, 0.2) is 0 Å². The first kappa shape index (κ1) is 11.4. The van der Waals surface area contributed by atoms with E-state index in [9.17, 15) is 5.11 Å². The molecule has 0 aliphatic carbocycles. The highest BCUT2D eigenvalue weighted by Gasteiger charge is 2.14. The zero-order valence-electron chi connectivity index (χ0n) is 10.1. The van der Waals surface area contributed by atoms with Gasteiger partial charge < -0.3 is 10.1 Å². The van der Waals surface area contributed by atoms with Gasteiger partial charge in [-0.3, -0.25) is 0 Å². The topological polar surface area (TPSA) is 48.9 Å². The molecule has 0 saturated heterocycles. The number of nitrogens with zero attached hydrogens (tertiary/aromatic N) is 1. The standard InChI is InChI=1S/C14H14N2OS/c1-9-8-18-14(16-9)6-13(17)11-7-15-12-5-3-2-4-10(11)12/h2-5,7-8,13,15,17H,6H2,1H3. The SMILES string of the molecule is Cc1csc(CC(O)c2c[nH]c3ccccc23)n1. The summed E-state index contributed by atoms with van der Waals surface area (Å²) in [4.78, 5) is 7.57. The van der Waals surface area contributed by atoms with Gasteiger partial charge in [-0.05, 0) is 13.0 Å². The molecule has 0 aliphatic rings. The monoisotopic (exact) mass is 258 g/mol. The zero-order valence-corrected chi connectivity index (χ0v) is 10.9. The lowest BCUT2D eigenvalue weighted by Crippen LogP contribution is -2.00. The van der Waals surface area contributed by atoms with Crippen LogP contribution < -0.4 is 0 Å². The number of benzene rings is 1. The number of rotatable bonds is 3. The van der Waals surface area contributed by atoms with Crippen LogP contribution in [0, 0.1) is 6.92 Å². The van der Waals surface area contributed by atoms with Crippen molar-refractivity contribution < 1.29 is 5.11 Å². The molecule has 2 aromatic heterocycles. The first-order chi connectivity index (χ1) is 8.74. The number of para-hydroxylation sites is 1. The summed E-state index contributed by atoms with van der Waals surface area (Å²) < 4.78 is 0. The number of hydrogen-bond donors (Lipinski definition) is 2. The summed E-state index contributed by atoms with van der Waals surface area (Å²) in [5.41, 5.74) is 3.02. The Balaban J connectivity index is 1.90. The minimum Gasteiger partial charge on any atom is -0.388 e. The quantitative estimate of drug-likeness (QED) is 0.758. The van der Waals surface area contributed by atoms with Crippen LogP contribution in [0.3, 0.4) is 0 Å².